The van der Waals surface area contributed by atoms with Gasteiger partial charge < -0.3 is 10.1 Å². The van der Waals surface area contributed by atoms with Gasteiger partial charge in [0.1, 0.15) is 0 Å². The van der Waals surface area contributed by atoms with Crippen LogP contribution in [0.3, 0.4) is 0 Å². The van der Waals surface area contributed by atoms with E-state index in [0.29, 0.717) is 31.9 Å². The molecule has 1 amide bonds. The van der Waals surface area contributed by atoms with Crippen LogP contribution in [0.25, 0.3) is 0 Å². The Bertz CT molecular complexity index is 854. The molecule has 0 saturated carbocycles. The number of nitrogens with one attached hydrogen (secondary N) is 2. The van der Waals surface area contributed by atoms with Gasteiger partial charge in [0.05, 0.1) is 25.4 Å². The lowest BCUT2D eigenvalue weighted by atomic mass is 10.1. The Morgan fingerprint density at radius 2 is 1.36 bits per heavy atom. The number of rotatable bonds is 10. The monoisotopic (exact) mass is 376 g/mol. The average molecular weight is 376 g/mol. The smallest absolute Gasteiger partial charge is 0.276 e. The molecule has 5 nitrogen and oxygen atoms in total. The van der Waals surface area contributed by atoms with Crippen molar-refractivity contribution in [1.82, 2.24) is 5.48 Å². The Kier molecular flexibility index (Phi) is 7.61. The summed E-state index contributed by atoms with van der Waals surface area (Å²) in [7, 11) is 0. The van der Waals surface area contributed by atoms with Crippen LogP contribution >= 0.6 is 0 Å². The highest BCUT2D eigenvalue weighted by molar-refractivity contribution is 5.98. The molecule has 0 aliphatic carbocycles. The number of ether oxygens (including phenoxy) is 1. The minimum absolute atomic E-state index is 0.288. The zero-order valence-corrected chi connectivity index (χ0v) is 15.6. The standard InChI is InChI=1S/C23H24N2O3/c26-23(25-28-18-20-11-5-2-6-12-20)21-13-7-8-14-22(21)24-15-16-27-17-19-9-3-1-4-10-19/h1-14,24H,15-18H2,(H,25,26). The summed E-state index contributed by atoms with van der Waals surface area (Å²) in [5, 5.41) is 3.25. The van der Waals surface area contributed by atoms with Crippen molar-refractivity contribution in [2.45, 2.75) is 13.2 Å². The molecule has 28 heavy (non-hydrogen) atoms. The average Bonchev–Trinajstić information content (AvgIpc) is 2.75. The van der Waals surface area contributed by atoms with Crippen molar-refractivity contribution in [3.63, 3.8) is 0 Å². The fraction of sp³-hybridized carbons (Fsp3) is 0.174. The van der Waals surface area contributed by atoms with Crippen LogP contribution in [-0.4, -0.2) is 19.1 Å². The normalized spacial score (nSPS) is 10.4. The quantitative estimate of drug-likeness (QED) is 0.412. The summed E-state index contributed by atoms with van der Waals surface area (Å²) in [5.41, 5.74) is 5.90. The van der Waals surface area contributed by atoms with Gasteiger partial charge in [0.2, 0.25) is 0 Å². The van der Waals surface area contributed by atoms with Crippen LogP contribution in [0.4, 0.5) is 5.69 Å². The summed E-state index contributed by atoms with van der Waals surface area (Å²) in [6.07, 6.45) is 0. The molecule has 3 aromatic carbocycles. The molecule has 0 radical (unpaired) electrons. The molecule has 0 bridgehead atoms. The fourth-order valence-electron chi connectivity index (χ4n) is 2.67. The summed E-state index contributed by atoms with van der Waals surface area (Å²) in [4.78, 5) is 17.8. The number of benzene rings is 3. The van der Waals surface area contributed by atoms with Crippen molar-refractivity contribution < 1.29 is 14.4 Å². The first-order chi connectivity index (χ1) is 13.8. The van der Waals surface area contributed by atoms with E-state index in [0.717, 1.165) is 16.8 Å². The number of anilines is 1. The van der Waals surface area contributed by atoms with Crippen molar-refractivity contribution in [3.05, 3.63) is 102 Å². The van der Waals surface area contributed by atoms with Gasteiger partial charge in [-0.2, -0.15) is 0 Å². The summed E-state index contributed by atoms with van der Waals surface area (Å²) < 4.78 is 5.67. The molecule has 0 aliphatic rings. The lowest BCUT2D eigenvalue weighted by molar-refractivity contribution is 0.0234. The van der Waals surface area contributed by atoms with Crippen molar-refractivity contribution >= 4 is 11.6 Å². The molecule has 2 N–H and O–H groups in total. The number of para-hydroxylation sites is 1. The molecule has 5 heteroatoms. The van der Waals surface area contributed by atoms with Gasteiger partial charge in [-0.15, -0.1) is 0 Å². The van der Waals surface area contributed by atoms with E-state index in [4.69, 9.17) is 9.57 Å². The highest BCUT2D eigenvalue weighted by atomic mass is 16.6. The van der Waals surface area contributed by atoms with Crippen molar-refractivity contribution in [2.75, 3.05) is 18.5 Å². The van der Waals surface area contributed by atoms with Crippen LogP contribution in [0, 0.1) is 0 Å². The summed E-state index contributed by atoms with van der Waals surface area (Å²) in [6, 6.07) is 27.0. The van der Waals surface area contributed by atoms with E-state index >= 15 is 0 Å². The predicted molar refractivity (Wildman–Crippen MR) is 110 cm³/mol. The van der Waals surface area contributed by atoms with Crippen LogP contribution in [0.1, 0.15) is 21.5 Å². The Morgan fingerprint density at radius 3 is 2.07 bits per heavy atom. The van der Waals surface area contributed by atoms with Gasteiger partial charge in [0.25, 0.3) is 5.91 Å². The first-order valence-corrected chi connectivity index (χ1v) is 9.23. The third-order valence-electron chi connectivity index (χ3n) is 4.09. The fourth-order valence-corrected chi connectivity index (χ4v) is 2.67. The maximum absolute atomic E-state index is 12.4. The lowest BCUT2D eigenvalue weighted by Gasteiger charge is -2.12. The lowest BCUT2D eigenvalue weighted by Crippen LogP contribution is -2.25. The highest BCUT2D eigenvalue weighted by Crippen LogP contribution is 2.15. The molecule has 0 fully saturated rings. The molecule has 0 spiro atoms. The largest absolute Gasteiger partial charge is 0.382 e. The maximum Gasteiger partial charge on any atom is 0.276 e. The zero-order chi connectivity index (χ0) is 19.4. The first-order valence-electron chi connectivity index (χ1n) is 9.23. The third-order valence-corrected chi connectivity index (χ3v) is 4.09. The number of hydroxylamine groups is 1. The number of hydrogen-bond donors (Lipinski definition) is 2. The Morgan fingerprint density at radius 1 is 0.750 bits per heavy atom. The Hall–Kier alpha value is -3.15. The molecule has 3 aromatic rings. The first kappa shape index (κ1) is 19.6. The predicted octanol–water partition coefficient (Wildman–Crippen LogP) is 4.18. The van der Waals surface area contributed by atoms with E-state index in [1.54, 1.807) is 6.07 Å². The SMILES string of the molecule is O=C(NOCc1ccccc1)c1ccccc1NCCOCc1ccccc1. The van der Waals surface area contributed by atoms with E-state index in [-0.39, 0.29) is 5.91 Å². The maximum atomic E-state index is 12.4. The molecule has 0 aromatic heterocycles. The van der Waals surface area contributed by atoms with Gasteiger partial charge in [-0.3, -0.25) is 9.63 Å². The van der Waals surface area contributed by atoms with Crippen molar-refractivity contribution in [3.8, 4) is 0 Å². The van der Waals surface area contributed by atoms with E-state index < -0.39 is 0 Å². The van der Waals surface area contributed by atoms with Gasteiger partial charge in [-0.1, -0.05) is 72.8 Å². The number of carbonyl (C=O) groups is 1. The Labute approximate surface area is 165 Å². The number of amides is 1. The van der Waals surface area contributed by atoms with E-state index in [1.165, 1.54) is 0 Å². The van der Waals surface area contributed by atoms with Crippen LogP contribution in [0.2, 0.25) is 0 Å². The van der Waals surface area contributed by atoms with Crippen LogP contribution in [0.15, 0.2) is 84.9 Å². The number of hydrogen-bond acceptors (Lipinski definition) is 4. The summed E-state index contributed by atoms with van der Waals surface area (Å²) >= 11 is 0. The van der Waals surface area contributed by atoms with Crippen LogP contribution in [-0.2, 0) is 22.8 Å². The molecule has 3 rings (SSSR count). The summed E-state index contributed by atoms with van der Waals surface area (Å²) in [6.45, 7) is 2.02. The minimum atomic E-state index is -0.288. The molecule has 0 heterocycles. The van der Waals surface area contributed by atoms with Gasteiger partial charge in [-0.05, 0) is 23.3 Å². The topological polar surface area (TPSA) is 59.6 Å². The van der Waals surface area contributed by atoms with Crippen LogP contribution in [0.5, 0.6) is 0 Å². The number of carbonyl (C=O) groups excluding carboxylic acids is 1. The van der Waals surface area contributed by atoms with E-state index in [1.807, 2.05) is 78.9 Å². The molecular formula is C23H24N2O3. The second kappa shape index (κ2) is 10.9. The minimum Gasteiger partial charge on any atom is -0.382 e. The molecule has 0 aliphatic heterocycles. The molecular weight excluding hydrogens is 352 g/mol. The van der Waals surface area contributed by atoms with Crippen molar-refractivity contribution in [1.29, 1.82) is 0 Å². The third kappa shape index (κ3) is 6.23. The summed E-state index contributed by atoms with van der Waals surface area (Å²) in [5.74, 6) is -0.288. The molecule has 0 atom stereocenters. The second-order valence-corrected chi connectivity index (χ2v) is 6.22. The molecule has 0 unspecified atom stereocenters. The van der Waals surface area contributed by atoms with E-state index in [2.05, 4.69) is 10.8 Å². The van der Waals surface area contributed by atoms with Crippen LogP contribution < -0.4 is 10.8 Å². The van der Waals surface area contributed by atoms with Gasteiger partial charge in [0.15, 0.2) is 0 Å². The Balaban J connectivity index is 1.43. The highest BCUT2D eigenvalue weighted by Gasteiger charge is 2.10. The molecule has 144 valence electrons. The second-order valence-electron chi connectivity index (χ2n) is 6.22. The van der Waals surface area contributed by atoms with E-state index in [9.17, 15) is 4.79 Å². The zero-order valence-electron chi connectivity index (χ0n) is 15.6. The van der Waals surface area contributed by atoms with Gasteiger partial charge >= 0.3 is 0 Å². The molecule has 0 saturated heterocycles. The van der Waals surface area contributed by atoms with Gasteiger partial charge in [0, 0.05) is 12.2 Å². The van der Waals surface area contributed by atoms with Gasteiger partial charge in [-0.25, -0.2) is 5.48 Å². The van der Waals surface area contributed by atoms with Crippen molar-refractivity contribution in [2.24, 2.45) is 0 Å².